The summed E-state index contributed by atoms with van der Waals surface area (Å²) in [5.41, 5.74) is 1.73. The molecule has 162 valence electrons. The minimum absolute atomic E-state index is 0.0855. The number of hydrogen-bond donors (Lipinski definition) is 1. The number of benzene rings is 4. The van der Waals surface area contributed by atoms with Crippen molar-refractivity contribution in [3.8, 4) is 17.2 Å². The normalized spacial score (nSPS) is 10.9. The van der Waals surface area contributed by atoms with Crippen molar-refractivity contribution in [2.24, 2.45) is 0 Å². The number of nitrogens with one attached hydrogen (secondary N) is 1. The number of para-hydroxylation sites is 1. The van der Waals surface area contributed by atoms with Crippen LogP contribution < -0.4 is 10.1 Å². The van der Waals surface area contributed by atoms with Gasteiger partial charge in [-0.2, -0.15) is 0 Å². The number of ether oxygens (including phenoxy) is 1. The summed E-state index contributed by atoms with van der Waals surface area (Å²) < 4.78 is 11.4. The van der Waals surface area contributed by atoms with E-state index < -0.39 is 4.92 Å². The van der Waals surface area contributed by atoms with Gasteiger partial charge >= 0.3 is 0 Å². The molecule has 1 aromatic heterocycles. The molecule has 0 saturated heterocycles. The highest BCUT2D eigenvalue weighted by Gasteiger charge is 2.16. The highest BCUT2D eigenvalue weighted by molar-refractivity contribution is 5.96. The van der Waals surface area contributed by atoms with Crippen molar-refractivity contribution in [1.29, 1.82) is 0 Å². The second-order valence-electron chi connectivity index (χ2n) is 7.32. The van der Waals surface area contributed by atoms with Crippen LogP contribution in [0.2, 0.25) is 0 Å². The SMILES string of the molecule is O=C(COc1ccc2ccccc2c1)Nc1ccccc1-c1nc2ccc([N+](=O)[O-])cc2o1. The summed E-state index contributed by atoms with van der Waals surface area (Å²) in [5.74, 6) is 0.497. The number of fused-ring (bicyclic) bond motifs is 2. The van der Waals surface area contributed by atoms with E-state index in [-0.39, 0.29) is 24.1 Å². The maximum Gasteiger partial charge on any atom is 0.273 e. The van der Waals surface area contributed by atoms with Crippen LogP contribution >= 0.6 is 0 Å². The lowest BCUT2D eigenvalue weighted by atomic mass is 10.1. The van der Waals surface area contributed by atoms with Crippen molar-refractivity contribution in [2.75, 3.05) is 11.9 Å². The van der Waals surface area contributed by atoms with Crippen LogP contribution in [0, 0.1) is 10.1 Å². The van der Waals surface area contributed by atoms with Gasteiger partial charge in [-0.3, -0.25) is 14.9 Å². The van der Waals surface area contributed by atoms with E-state index in [2.05, 4.69) is 10.3 Å². The molecule has 5 rings (SSSR count). The minimum atomic E-state index is -0.495. The minimum Gasteiger partial charge on any atom is -0.484 e. The molecule has 5 aromatic rings. The Hall–Kier alpha value is -4.72. The summed E-state index contributed by atoms with van der Waals surface area (Å²) in [6.07, 6.45) is 0. The van der Waals surface area contributed by atoms with Gasteiger partial charge in [-0.25, -0.2) is 4.98 Å². The number of carbonyl (C=O) groups is 1. The Labute approximate surface area is 187 Å². The molecular formula is C25H17N3O5. The van der Waals surface area contributed by atoms with Gasteiger partial charge in [0.05, 0.1) is 22.2 Å². The van der Waals surface area contributed by atoms with Gasteiger partial charge in [0.1, 0.15) is 11.3 Å². The van der Waals surface area contributed by atoms with E-state index in [0.29, 0.717) is 28.1 Å². The molecule has 0 aliphatic rings. The molecule has 0 fully saturated rings. The van der Waals surface area contributed by atoms with Crippen LogP contribution in [-0.4, -0.2) is 22.4 Å². The molecule has 8 heteroatoms. The molecule has 0 atom stereocenters. The van der Waals surface area contributed by atoms with Gasteiger partial charge in [0.15, 0.2) is 12.2 Å². The Balaban J connectivity index is 1.33. The van der Waals surface area contributed by atoms with Crippen molar-refractivity contribution in [2.45, 2.75) is 0 Å². The number of hydrogen-bond acceptors (Lipinski definition) is 6. The standard InChI is InChI=1S/C25H17N3O5/c29-24(15-32-19-11-9-16-5-1-2-6-17(16)13-19)26-21-8-4-3-7-20(21)25-27-22-12-10-18(28(30)31)14-23(22)33-25/h1-14H,15H2,(H,26,29). The lowest BCUT2D eigenvalue weighted by molar-refractivity contribution is -0.384. The third kappa shape index (κ3) is 4.22. The summed E-state index contributed by atoms with van der Waals surface area (Å²) >= 11 is 0. The second kappa shape index (κ2) is 8.43. The number of rotatable bonds is 6. The zero-order chi connectivity index (χ0) is 22.8. The van der Waals surface area contributed by atoms with Crippen LogP contribution in [0.15, 0.2) is 89.3 Å². The molecular weight excluding hydrogens is 422 g/mol. The molecule has 1 N–H and O–H groups in total. The lowest BCUT2D eigenvalue weighted by Crippen LogP contribution is -2.20. The van der Waals surface area contributed by atoms with Crippen LogP contribution in [0.4, 0.5) is 11.4 Å². The van der Waals surface area contributed by atoms with Gasteiger partial charge in [0, 0.05) is 6.07 Å². The second-order valence-corrected chi connectivity index (χ2v) is 7.32. The van der Waals surface area contributed by atoms with Crippen LogP contribution in [0.5, 0.6) is 5.75 Å². The van der Waals surface area contributed by atoms with Gasteiger partial charge < -0.3 is 14.5 Å². The quantitative estimate of drug-likeness (QED) is 0.274. The number of nitro benzene ring substituents is 1. The third-order valence-corrected chi connectivity index (χ3v) is 5.11. The van der Waals surface area contributed by atoms with Crippen molar-refractivity contribution in [3.63, 3.8) is 0 Å². The number of aromatic nitrogens is 1. The lowest BCUT2D eigenvalue weighted by Gasteiger charge is -2.10. The third-order valence-electron chi connectivity index (χ3n) is 5.11. The van der Waals surface area contributed by atoms with Gasteiger partial charge in [0.2, 0.25) is 5.89 Å². The summed E-state index contributed by atoms with van der Waals surface area (Å²) in [7, 11) is 0. The predicted molar refractivity (Wildman–Crippen MR) is 124 cm³/mol. The highest BCUT2D eigenvalue weighted by Crippen LogP contribution is 2.31. The predicted octanol–water partition coefficient (Wildman–Crippen LogP) is 5.57. The molecule has 4 aromatic carbocycles. The first-order valence-electron chi connectivity index (χ1n) is 10.1. The Bertz CT molecular complexity index is 1510. The van der Waals surface area contributed by atoms with Crippen LogP contribution in [0.25, 0.3) is 33.3 Å². The zero-order valence-electron chi connectivity index (χ0n) is 17.2. The van der Waals surface area contributed by atoms with E-state index in [1.165, 1.54) is 18.2 Å². The van der Waals surface area contributed by atoms with Gasteiger partial charge in [-0.1, -0.05) is 42.5 Å². The summed E-state index contributed by atoms with van der Waals surface area (Å²) in [5, 5.41) is 15.9. The zero-order valence-corrected chi connectivity index (χ0v) is 17.2. The van der Waals surface area contributed by atoms with E-state index in [1.54, 1.807) is 24.3 Å². The first-order valence-corrected chi connectivity index (χ1v) is 10.1. The smallest absolute Gasteiger partial charge is 0.273 e. The summed E-state index contributed by atoms with van der Waals surface area (Å²) in [4.78, 5) is 27.5. The Kier molecular flexibility index (Phi) is 5.16. The van der Waals surface area contributed by atoms with Crippen LogP contribution in [0.1, 0.15) is 0 Å². The highest BCUT2D eigenvalue weighted by atomic mass is 16.6. The topological polar surface area (TPSA) is 108 Å². The number of non-ortho nitro benzene ring substituents is 1. The largest absolute Gasteiger partial charge is 0.484 e. The first-order chi connectivity index (χ1) is 16.1. The molecule has 0 spiro atoms. The van der Waals surface area contributed by atoms with Crippen molar-refractivity contribution < 1.29 is 18.9 Å². The molecule has 0 unspecified atom stereocenters. The fraction of sp³-hybridized carbons (Fsp3) is 0.0400. The van der Waals surface area contributed by atoms with Crippen molar-refractivity contribution in [3.05, 3.63) is 95.0 Å². The maximum absolute atomic E-state index is 12.6. The monoisotopic (exact) mass is 439 g/mol. The Morgan fingerprint density at radius 2 is 1.76 bits per heavy atom. The average Bonchev–Trinajstić information content (AvgIpc) is 3.26. The van der Waals surface area contributed by atoms with Gasteiger partial charge in [-0.05, 0) is 41.1 Å². The average molecular weight is 439 g/mol. The number of nitro groups is 1. The number of amides is 1. The molecule has 33 heavy (non-hydrogen) atoms. The Morgan fingerprint density at radius 3 is 2.61 bits per heavy atom. The number of nitrogens with zero attached hydrogens (tertiary/aromatic N) is 2. The molecule has 0 saturated carbocycles. The summed E-state index contributed by atoms with van der Waals surface area (Å²) in [6, 6.07) is 24.8. The van der Waals surface area contributed by atoms with E-state index in [9.17, 15) is 14.9 Å². The van der Waals surface area contributed by atoms with Gasteiger partial charge in [-0.15, -0.1) is 0 Å². The van der Waals surface area contributed by atoms with Crippen LogP contribution in [0.3, 0.4) is 0 Å². The molecule has 1 heterocycles. The number of carbonyl (C=O) groups excluding carboxylic acids is 1. The summed E-state index contributed by atoms with van der Waals surface area (Å²) in [6.45, 7) is -0.174. The Morgan fingerprint density at radius 1 is 0.970 bits per heavy atom. The van der Waals surface area contributed by atoms with E-state index in [0.717, 1.165) is 10.8 Å². The van der Waals surface area contributed by atoms with Crippen LogP contribution in [-0.2, 0) is 4.79 Å². The fourth-order valence-electron chi connectivity index (χ4n) is 3.51. The number of oxazole rings is 1. The molecule has 0 aliphatic heterocycles. The maximum atomic E-state index is 12.6. The van der Waals surface area contributed by atoms with Crippen molar-refractivity contribution >= 4 is 39.2 Å². The number of anilines is 1. The van der Waals surface area contributed by atoms with Crippen molar-refractivity contribution in [1.82, 2.24) is 4.98 Å². The van der Waals surface area contributed by atoms with E-state index in [1.807, 2.05) is 42.5 Å². The first kappa shape index (κ1) is 20.2. The molecule has 0 aliphatic carbocycles. The molecule has 1 amide bonds. The fourth-order valence-corrected chi connectivity index (χ4v) is 3.51. The molecule has 8 nitrogen and oxygen atoms in total. The van der Waals surface area contributed by atoms with E-state index in [4.69, 9.17) is 9.15 Å². The van der Waals surface area contributed by atoms with Gasteiger partial charge in [0.25, 0.3) is 11.6 Å². The molecule has 0 radical (unpaired) electrons. The van der Waals surface area contributed by atoms with E-state index >= 15 is 0 Å². The molecule has 0 bridgehead atoms.